The second kappa shape index (κ2) is 10.3. The summed E-state index contributed by atoms with van der Waals surface area (Å²) in [7, 11) is 0. The summed E-state index contributed by atoms with van der Waals surface area (Å²) < 4.78 is 10.3. The topological polar surface area (TPSA) is 125 Å². The summed E-state index contributed by atoms with van der Waals surface area (Å²) in [4.78, 5) is 49.4. The molecule has 2 aromatic rings. The van der Waals surface area contributed by atoms with E-state index in [2.05, 4.69) is 12.2 Å². The molecule has 33 heavy (non-hydrogen) atoms. The molecular formula is C22H23ClN2O7S. The van der Waals surface area contributed by atoms with Crippen molar-refractivity contribution in [1.82, 2.24) is 0 Å². The summed E-state index contributed by atoms with van der Waals surface area (Å²) in [6, 6.07) is 3.48. The van der Waals surface area contributed by atoms with Crippen LogP contribution in [0.5, 0.6) is 0 Å². The van der Waals surface area contributed by atoms with Gasteiger partial charge in [0.25, 0.3) is 11.6 Å². The van der Waals surface area contributed by atoms with Crippen LogP contribution >= 0.6 is 22.9 Å². The van der Waals surface area contributed by atoms with Gasteiger partial charge in [-0.15, -0.1) is 11.3 Å². The Labute approximate surface area is 199 Å². The van der Waals surface area contributed by atoms with Crippen LogP contribution < -0.4 is 5.32 Å². The SMILES string of the molecule is CCOC(=O)c1c(NC(=O)C(C)OC(=O)c2cc(Cl)ccc2[N+](=O)[O-])sc2c1CCC(C)C2. The van der Waals surface area contributed by atoms with Crippen LogP contribution in [0.4, 0.5) is 10.7 Å². The second-order valence-corrected chi connectivity index (χ2v) is 9.27. The van der Waals surface area contributed by atoms with Crippen LogP contribution in [0.3, 0.4) is 0 Å². The zero-order valence-electron chi connectivity index (χ0n) is 18.3. The number of hydrogen-bond acceptors (Lipinski definition) is 8. The molecule has 1 aliphatic rings. The molecule has 0 aliphatic heterocycles. The van der Waals surface area contributed by atoms with Gasteiger partial charge in [0.1, 0.15) is 10.6 Å². The highest BCUT2D eigenvalue weighted by Gasteiger charge is 2.31. The van der Waals surface area contributed by atoms with Gasteiger partial charge in [-0.3, -0.25) is 14.9 Å². The number of nitrogens with zero attached hydrogens (tertiary/aromatic N) is 1. The molecule has 3 rings (SSSR count). The number of ether oxygens (including phenoxy) is 2. The first-order valence-corrected chi connectivity index (χ1v) is 11.6. The Bertz CT molecular complexity index is 1110. The van der Waals surface area contributed by atoms with Crippen LogP contribution in [0, 0.1) is 16.0 Å². The van der Waals surface area contributed by atoms with E-state index in [-0.39, 0.29) is 17.2 Å². The van der Waals surface area contributed by atoms with Crippen molar-refractivity contribution in [2.45, 2.75) is 46.1 Å². The van der Waals surface area contributed by atoms with Gasteiger partial charge in [0.15, 0.2) is 6.10 Å². The zero-order chi connectivity index (χ0) is 24.3. The lowest BCUT2D eigenvalue weighted by Crippen LogP contribution is -2.30. The van der Waals surface area contributed by atoms with Gasteiger partial charge in [-0.25, -0.2) is 9.59 Å². The minimum absolute atomic E-state index is 0.113. The van der Waals surface area contributed by atoms with E-state index in [4.69, 9.17) is 21.1 Å². The molecule has 1 amide bonds. The van der Waals surface area contributed by atoms with Crippen LogP contribution in [-0.2, 0) is 27.1 Å². The highest BCUT2D eigenvalue weighted by molar-refractivity contribution is 7.17. The average Bonchev–Trinajstić information content (AvgIpc) is 3.10. The van der Waals surface area contributed by atoms with Crippen molar-refractivity contribution in [3.8, 4) is 0 Å². The van der Waals surface area contributed by atoms with Crippen LogP contribution in [0.2, 0.25) is 5.02 Å². The Kier molecular flexibility index (Phi) is 7.70. The smallest absolute Gasteiger partial charge is 0.345 e. The van der Waals surface area contributed by atoms with Gasteiger partial charge in [0, 0.05) is 16.0 Å². The summed E-state index contributed by atoms with van der Waals surface area (Å²) in [5.41, 5.74) is 0.369. The van der Waals surface area contributed by atoms with Gasteiger partial charge >= 0.3 is 11.9 Å². The van der Waals surface area contributed by atoms with Gasteiger partial charge in [-0.2, -0.15) is 0 Å². The summed E-state index contributed by atoms with van der Waals surface area (Å²) in [6.07, 6.45) is 1.14. The lowest BCUT2D eigenvalue weighted by atomic mass is 9.88. The Morgan fingerprint density at radius 2 is 2.06 bits per heavy atom. The molecule has 0 spiro atoms. The first-order chi connectivity index (χ1) is 15.6. The largest absolute Gasteiger partial charge is 0.462 e. The van der Waals surface area contributed by atoms with Crippen LogP contribution in [0.1, 0.15) is 58.3 Å². The lowest BCUT2D eigenvalue weighted by molar-refractivity contribution is -0.385. The highest BCUT2D eigenvalue weighted by atomic mass is 35.5. The van der Waals surface area contributed by atoms with Crippen molar-refractivity contribution < 1.29 is 28.8 Å². The molecule has 1 aromatic carbocycles. The van der Waals surface area contributed by atoms with Gasteiger partial charge in [-0.1, -0.05) is 18.5 Å². The van der Waals surface area contributed by atoms with E-state index in [9.17, 15) is 24.5 Å². The molecule has 1 heterocycles. The van der Waals surface area contributed by atoms with Crippen molar-refractivity contribution in [2.75, 3.05) is 11.9 Å². The maximum atomic E-state index is 12.8. The Morgan fingerprint density at radius 1 is 1.33 bits per heavy atom. The third kappa shape index (κ3) is 5.51. The van der Waals surface area contributed by atoms with Gasteiger partial charge in [-0.05, 0) is 56.7 Å². The molecule has 11 heteroatoms. The van der Waals surface area contributed by atoms with E-state index in [0.29, 0.717) is 22.9 Å². The molecule has 1 aliphatic carbocycles. The number of benzene rings is 1. The number of nitro groups is 1. The van der Waals surface area contributed by atoms with E-state index in [0.717, 1.165) is 35.4 Å². The standard InChI is InChI=1S/C22H23ClN2O7S/c1-4-31-22(28)18-14-7-5-11(2)9-17(14)33-20(18)24-19(26)12(3)32-21(27)15-10-13(23)6-8-16(15)25(29)30/h6,8,10-12H,4-5,7,9H2,1-3H3,(H,24,26). The fourth-order valence-electron chi connectivity index (χ4n) is 3.58. The van der Waals surface area contributed by atoms with Crippen molar-refractivity contribution in [3.05, 3.63) is 54.9 Å². The van der Waals surface area contributed by atoms with Crippen LogP contribution in [0.15, 0.2) is 18.2 Å². The minimum Gasteiger partial charge on any atom is -0.462 e. The fraction of sp³-hybridized carbons (Fsp3) is 0.409. The first-order valence-electron chi connectivity index (χ1n) is 10.4. The van der Waals surface area contributed by atoms with Crippen molar-refractivity contribution in [2.24, 2.45) is 5.92 Å². The van der Waals surface area contributed by atoms with E-state index in [1.807, 2.05) is 0 Å². The molecule has 1 aromatic heterocycles. The number of anilines is 1. The second-order valence-electron chi connectivity index (χ2n) is 7.73. The third-order valence-electron chi connectivity index (χ3n) is 5.26. The lowest BCUT2D eigenvalue weighted by Gasteiger charge is -2.18. The molecule has 2 atom stereocenters. The van der Waals surface area contributed by atoms with Crippen LogP contribution in [-0.4, -0.2) is 35.5 Å². The molecule has 0 bridgehead atoms. The summed E-state index contributed by atoms with van der Waals surface area (Å²) >= 11 is 7.16. The Morgan fingerprint density at radius 3 is 2.73 bits per heavy atom. The van der Waals surface area contributed by atoms with E-state index < -0.39 is 34.6 Å². The van der Waals surface area contributed by atoms with E-state index in [1.54, 1.807) is 6.92 Å². The number of esters is 2. The maximum absolute atomic E-state index is 12.8. The predicted molar refractivity (Wildman–Crippen MR) is 123 cm³/mol. The molecule has 2 unspecified atom stereocenters. The van der Waals surface area contributed by atoms with E-state index in [1.165, 1.54) is 24.3 Å². The maximum Gasteiger partial charge on any atom is 0.345 e. The molecular weight excluding hydrogens is 472 g/mol. The number of hydrogen-bond donors (Lipinski definition) is 1. The summed E-state index contributed by atoms with van der Waals surface area (Å²) in [5, 5.41) is 14.3. The summed E-state index contributed by atoms with van der Waals surface area (Å²) in [5.74, 6) is -1.79. The summed E-state index contributed by atoms with van der Waals surface area (Å²) in [6.45, 7) is 5.36. The van der Waals surface area contributed by atoms with Crippen molar-refractivity contribution in [1.29, 1.82) is 0 Å². The molecule has 0 saturated heterocycles. The number of carbonyl (C=O) groups is 3. The third-order valence-corrected chi connectivity index (χ3v) is 6.66. The molecule has 9 nitrogen and oxygen atoms in total. The number of halogens is 1. The number of carbonyl (C=O) groups excluding carboxylic acids is 3. The zero-order valence-corrected chi connectivity index (χ0v) is 19.9. The Balaban J connectivity index is 1.80. The highest BCUT2D eigenvalue weighted by Crippen LogP contribution is 2.40. The predicted octanol–water partition coefficient (Wildman–Crippen LogP) is 4.80. The van der Waals surface area contributed by atoms with Crippen molar-refractivity contribution >= 4 is 51.5 Å². The number of nitro benzene ring substituents is 1. The van der Waals surface area contributed by atoms with Crippen molar-refractivity contribution in [3.63, 3.8) is 0 Å². The van der Waals surface area contributed by atoms with Gasteiger partial charge < -0.3 is 14.8 Å². The average molecular weight is 495 g/mol. The molecule has 0 saturated carbocycles. The fourth-order valence-corrected chi connectivity index (χ4v) is 5.15. The monoisotopic (exact) mass is 494 g/mol. The molecule has 1 N–H and O–H groups in total. The van der Waals surface area contributed by atoms with Gasteiger partial charge in [0.05, 0.1) is 17.1 Å². The number of amides is 1. The number of thiophene rings is 1. The molecule has 0 radical (unpaired) electrons. The minimum atomic E-state index is -1.29. The van der Waals surface area contributed by atoms with Gasteiger partial charge in [0.2, 0.25) is 0 Å². The molecule has 176 valence electrons. The normalized spacial score (nSPS) is 15.8. The number of rotatable bonds is 7. The Hall–Kier alpha value is -2.98. The van der Waals surface area contributed by atoms with E-state index >= 15 is 0 Å². The first kappa shape index (κ1) is 24.7. The van der Waals surface area contributed by atoms with Crippen LogP contribution in [0.25, 0.3) is 0 Å². The molecule has 0 fully saturated rings. The number of fused-ring (bicyclic) bond motifs is 1. The quantitative estimate of drug-likeness (QED) is 0.333. The number of nitrogens with one attached hydrogen (secondary N) is 1.